The number of benzene rings is 1. The summed E-state index contributed by atoms with van der Waals surface area (Å²) >= 11 is 0. The molecular weight excluding hydrogens is 376 g/mol. The molecule has 1 amide bonds. The van der Waals surface area contributed by atoms with Gasteiger partial charge in [-0.3, -0.25) is 9.69 Å². The zero-order valence-corrected chi connectivity index (χ0v) is 17.9. The molecule has 2 saturated heterocycles. The number of furan rings is 1. The van der Waals surface area contributed by atoms with E-state index in [0.29, 0.717) is 5.56 Å². The van der Waals surface area contributed by atoms with E-state index in [9.17, 15) is 4.79 Å². The number of amides is 1. The summed E-state index contributed by atoms with van der Waals surface area (Å²) < 4.78 is 11.7. The lowest BCUT2D eigenvalue weighted by Gasteiger charge is -2.33. The second-order valence-corrected chi connectivity index (χ2v) is 8.45. The molecule has 30 heavy (non-hydrogen) atoms. The van der Waals surface area contributed by atoms with E-state index in [1.807, 2.05) is 41.3 Å². The van der Waals surface area contributed by atoms with Crippen LogP contribution in [0, 0.1) is 0 Å². The number of hydrogen-bond acceptors (Lipinski definition) is 4. The van der Waals surface area contributed by atoms with Crippen LogP contribution in [-0.4, -0.2) is 54.5 Å². The average Bonchev–Trinajstić information content (AvgIpc) is 3.28. The smallest absolute Gasteiger partial charge is 0.257 e. The van der Waals surface area contributed by atoms with Crippen LogP contribution in [0.4, 0.5) is 0 Å². The second-order valence-electron chi connectivity index (χ2n) is 8.45. The van der Waals surface area contributed by atoms with Crippen LogP contribution in [0.3, 0.4) is 0 Å². The Bertz CT molecular complexity index is 845. The van der Waals surface area contributed by atoms with E-state index in [1.54, 1.807) is 6.26 Å². The average molecular weight is 409 g/mol. The molecule has 0 N–H and O–H groups in total. The summed E-state index contributed by atoms with van der Waals surface area (Å²) in [6, 6.07) is 11.6. The van der Waals surface area contributed by atoms with E-state index < -0.39 is 0 Å². The van der Waals surface area contributed by atoms with Crippen molar-refractivity contribution in [1.29, 1.82) is 0 Å². The molecule has 2 aliphatic heterocycles. The molecule has 160 valence electrons. The van der Waals surface area contributed by atoms with E-state index in [0.717, 1.165) is 69.9 Å². The quantitative estimate of drug-likeness (QED) is 0.685. The normalized spacial score (nSPS) is 19.1. The SMILES string of the molecule is CC(=Cc1ccco1)CN1CCC(Oc2ccccc2C(=O)N2CCCCC2)CC1. The first kappa shape index (κ1) is 20.7. The highest BCUT2D eigenvalue weighted by Gasteiger charge is 2.25. The third-order valence-corrected chi connectivity index (χ3v) is 5.99. The first-order chi connectivity index (χ1) is 14.7. The minimum atomic E-state index is 0.112. The van der Waals surface area contributed by atoms with Gasteiger partial charge in [-0.05, 0) is 69.4 Å². The zero-order chi connectivity index (χ0) is 20.8. The van der Waals surface area contributed by atoms with Crippen LogP contribution in [0.15, 0.2) is 52.7 Å². The van der Waals surface area contributed by atoms with Gasteiger partial charge >= 0.3 is 0 Å². The van der Waals surface area contributed by atoms with Crippen LogP contribution in [0.2, 0.25) is 0 Å². The molecule has 0 saturated carbocycles. The van der Waals surface area contributed by atoms with Gasteiger partial charge in [-0.1, -0.05) is 17.7 Å². The van der Waals surface area contributed by atoms with Crippen molar-refractivity contribution in [2.45, 2.75) is 45.1 Å². The van der Waals surface area contributed by atoms with Gasteiger partial charge in [0.2, 0.25) is 0 Å². The van der Waals surface area contributed by atoms with Gasteiger partial charge in [0.05, 0.1) is 11.8 Å². The minimum absolute atomic E-state index is 0.112. The zero-order valence-electron chi connectivity index (χ0n) is 17.9. The first-order valence-corrected chi connectivity index (χ1v) is 11.2. The predicted molar refractivity (Wildman–Crippen MR) is 119 cm³/mol. The molecule has 5 heteroatoms. The molecule has 2 aromatic rings. The minimum Gasteiger partial charge on any atom is -0.489 e. The molecule has 1 aromatic heterocycles. The van der Waals surface area contributed by atoms with Crippen LogP contribution in [0.1, 0.15) is 55.1 Å². The molecular formula is C25H32N2O3. The first-order valence-electron chi connectivity index (χ1n) is 11.2. The van der Waals surface area contributed by atoms with Crippen molar-refractivity contribution in [3.63, 3.8) is 0 Å². The molecule has 4 rings (SSSR count). The molecule has 0 bridgehead atoms. The second kappa shape index (κ2) is 9.98. The summed E-state index contributed by atoms with van der Waals surface area (Å²) in [6.45, 7) is 6.80. The maximum atomic E-state index is 13.0. The van der Waals surface area contributed by atoms with Crippen molar-refractivity contribution >= 4 is 12.0 Å². The fourth-order valence-electron chi connectivity index (χ4n) is 4.39. The summed E-state index contributed by atoms with van der Waals surface area (Å²) in [6.07, 6.45) is 9.33. The number of nitrogens with zero attached hydrogens (tertiary/aromatic N) is 2. The highest BCUT2D eigenvalue weighted by atomic mass is 16.5. The van der Waals surface area contributed by atoms with Crippen molar-refractivity contribution in [3.8, 4) is 5.75 Å². The van der Waals surface area contributed by atoms with Gasteiger partial charge in [-0.25, -0.2) is 0 Å². The van der Waals surface area contributed by atoms with Crippen molar-refractivity contribution in [2.24, 2.45) is 0 Å². The molecule has 0 unspecified atom stereocenters. The van der Waals surface area contributed by atoms with Crippen molar-refractivity contribution in [3.05, 3.63) is 59.6 Å². The lowest BCUT2D eigenvalue weighted by Crippen LogP contribution is -2.39. The Morgan fingerprint density at radius 2 is 1.83 bits per heavy atom. The molecule has 1 aromatic carbocycles. The van der Waals surface area contributed by atoms with Crippen LogP contribution in [0.5, 0.6) is 5.75 Å². The van der Waals surface area contributed by atoms with E-state index in [-0.39, 0.29) is 12.0 Å². The highest BCUT2D eigenvalue weighted by Crippen LogP contribution is 2.26. The summed E-state index contributed by atoms with van der Waals surface area (Å²) in [5.41, 5.74) is 2.00. The van der Waals surface area contributed by atoms with E-state index >= 15 is 0 Å². The lowest BCUT2D eigenvalue weighted by molar-refractivity contribution is 0.0706. The van der Waals surface area contributed by atoms with Crippen molar-refractivity contribution < 1.29 is 13.9 Å². The largest absolute Gasteiger partial charge is 0.489 e. The number of rotatable bonds is 6. The van der Waals surface area contributed by atoms with Gasteiger partial charge in [-0.2, -0.15) is 0 Å². The number of piperidine rings is 2. The van der Waals surface area contributed by atoms with Crippen molar-refractivity contribution in [2.75, 3.05) is 32.7 Å². The highest BCUT2D eigenvalue weighted by molar-refractivity contribution is 5.97. The Morgan fingerprint density at radius 3 is 2.57 bits per heavy atom. The Morgan fingerprint density at radius 1 is 1.07 bits per heavy atom. The number of carbonyl (C=O) groups excluding carboxylic acids is 1. The summed E-state index contributed by atoms with van der Waals surface area (Å²) in [5, 5.41) is 0. The number of likely N-dealkylation sites (tertiary alicyclic amines) is 2. The topological polar surface area (TPSA) is 45.9 Å². The van der Waals surface area contributed by atoms with Crippen LogP contribution in [0.25, 0.3) is 6.08 Å². The van der Waals surface area contributed by atoms with Crippen molar-refractivity contribution in [1.82, 2.24) is 9.80 Å². The summed E-state index contributed by atoms with van der Waals surface area (Å²) in [4.78, 5) is 17.4. The molecule has 0 radical (unpaired) electrons. The van der Waals surface area contributed by atoms with Gasteiger partial charge in [-0.15, -0.1) is 0 Å². The van der Waals surface area contributed by atoms with E-state index in [2.05, 4.69) is 17.9 Å². The lowest BCUT2D eigenvalue weighted by atomic mass is 10.1. The summed E-state index contributed by atoms with van der Waals surface area (Å²) in [5.74, 6) is 1.75. The molecule has 5 nitrogen and oxygen atoms in total. The maximum Gasteiger partial charge on any atom is 0.257 e. The Hall–Kier alpha value is -2.53. The standard InChI is InChI=1S/C25H32N2O3/c1-20(18-22-8-7-17-29-22)19-26-15-11-21(12-16-26)30-24-10-4-3-9-23(24)25(28)27-13-5-2-6-14-27/h3-4,7-10,17-18,21H,2,5-6,11-16,19H2,1H3. The molecule has 2 fully saturated rings. The predicted octanol–water partition coefficient (Wildman–Crippen LogP) is 4.85. The molecule has 2 aliphatic rings. The van der Waals surface area contributed by atoms with E-state index in [4.69, 9.17) is 9.15 Å². The van der Waals surface area contributed by atoms with E-state index in [1.165, 1.54) is 12.0 Å². The summed E-state index contributed by atoms with van der Waals surface area (Å²) in [7, 11) is 0. The monoisotopic (exact) mass is 408 g/mol. The third kappa shape index (κ3) is 5.33. The Labute approximate surface area is 179 Å². The number of carbonyl (C=O) groups is 1. The molecule has 0 spiro atoms. The van der Waals surface area contributed by atoms with Gasteiger partial charge in [0, 0.05) is 32.7 Å². The van der Waals surface area contributed by atoms with Crippen LogP contribution in [-0.2, 0) is 0 Å². The number of para-hydroxylation sites is 1. The van der Waals surface area contributed by atoms with Gasteiger partial charge in [0.15, 0.2) is 0 Å². The molecule has 0 atom stereocenters. The fraction of sp³-hybridized carbons (Fsp3) is 0.480. The molecule has 3 heterocycles. The third-order valence-electron chi connectivity index (χ3n) is 5.99. The van der Waals surface area contributed by atoms with Gasteiger partial charge < -0.3 is 14.1 Å². The maximum absolute atomic E-state index is 13.0. The van der Waals surface area contributed by atoms with Crippen LogP contribution < -0.4 is 4.74 Å². The Kier molecular flexibility index (Phi) is 6.90. The van der Waals surface area contributed by atoms with Gasteiger partial charge in [0.1, 0.15) is 17.6 Å². The fourth-order valence-corrected chi connectivity index (χ4v) is 4.39. The van der Waals surface area contributed by atoms with Gasteiger partial charge in [0.25, 0.3) is 5.91 Å². The number of ether oxygens (including phenoxy) is 1. The number of hydrogen-bond donors (Lipinski definition) is 0. The molecule has 0 aliphatic carbocycles. The van der Waals surface area contributed by atoms with Crippen LogP contribution >= 0.6 is 0 Å². The Balaban J connectivity index is 1.31.